The van der Waals surface area contributed by atoms with E-state index in [-0.39, 0.29) is 18.1 Å². The molecule has 1 aromatic heterocycles. The van der Waals surface area contributed by atoms with Gasteiger partial charge in [-0.25, -0.2) is 5.43 Å². The summed E-state index contributed by atoms with van der Waals surface area (Å²) in [5, 5.41) is 3.99. The van der Waals surface area contributed by atoms with Gasteiger partial charge in [0.15, 0.2) is 0 Å². The monoisotopic (exact) mass is 472 g/mol. The van der Waals surface area contributed by atoms with Crippen LogP contribution in [-0.4, -0.2) is 41.0 Å². The summed E-state index contributed by atoms with van der Waals surface area (Å²) >= 11 is 1.52. The Morgan fingerprint density at radius 3 is 2.29 bits per heavy atom. The fourth-order valence-electron chi connectivity index (χ4n) is 5.12. The number of rotatable bonds is 7. The third kappa shape index (κ3) is 5.09. The molecule has 2 aliphatic rings. The fraction of sp³-hybridized carbons (Fsp3) is 0.321. The number of nitrogens with one attached hydrogen (secondary N) is 1. The first-order valence-corrected chi connectivity index (χ1v) is 13.0. The standard InChI is InChI=1S/C28H32N4OS/c1-30(21-22-9-4-2-5-10-22)23-14-16-25(17-15-23)32(28(33)26-13-8-20-34-26)27-18-19-31(29-27)24-11-6-3-7-12-24/h2-13,18-20,23,25,27,29H,14-17,21H2,1H3. The van der Waals surface area contributed by atoms with Gasteiger partial charge < -0.3 is 4.90 Å². The van der Waals surface area contributed by atoms with Crippen LogP contribution in [0.5, 0.6) is 0 Å². The molecule has 0 saturated heterocycles. The molecule has 2 heterocycles. The molecule has 1 amide bonds. The molecule has 1 aliphatic heterocycles. The molecular formula is C28H32N4OS. The van der Waals surface area contributed by atoms with Crippen molar-refractivity contribution in [3.8, 4) is 0 Å². The Labute approximate surface area is 206 Å². The Balaban J connectivity index is 1.27. The highest BCUT2D eigenvalue weighted by atomic mass is 32.1. The summed E-state index contributed by atoms with van der Waals surface area (Å²) in [6.07, 6.45) is 8.21. The lowest BCUT2D eigenvalue weighted by Gasteiger charge is -2.42. The van der Waals surface area contributed by atoms with Crippen molar-refractivity contribution in [3.63, 3.8) is 0 Å². The highest BCUT2D eigenvalue weighted by Gasteiger charge is 2.36. The van der Waals surface area contributed by atoms with Gasteiger partial charge in [0.05, 0.1) is 10.6 Å². The van der Waals surface area contributed by atoms with Gasteiger partial charge in [-0.15, -0.1) is 11.3 Å². The molecule has 34 heavy (non-hydrogen) atoms. The second-order valence-electron chi connectivity index (χ2n) is 9.17. The topological polar surface area (TPSA) is 38.8 Å². The van der Waals surface area contributed by atoms with Crippen LogP contribution in [0.2, 0.25) is 0 Å². The summed E-state index contributed by atoms with van der Waals surface area (Å²) in [6.45, 7) is 0.965. The third-order valence-corrected chi connectivity index (χ3v) is 7.80. The van der Waals surface area contributed by atoms with Crippen molar-refractivity contribution in [2.24, 2.45) is 0 Å². The van der Waals surface area contributed by atoms with Gasteiger partial charge in [-0.3, -0.25) is 14.7 Å². The summed E-state index contributed by atoms with van der Waals surface area (Å²) < 4.78 is 0. The van der Waals surface area contributed by atoms with E-state index in [1.54, 1.807) is 0 Å². The molecule has 1 unspecified atom stereocenters. The van der Waals surface area contributed by atoms with Crippen LogP contribution in [0.3, 0.4) is 0 Å². The SMILES string of the molecule is CN(Cc1ccccc1)C1CCC(N(C(=O)c2cccs2)C2C=CN(c3ccccc3)N2)CC1. The molecule has 1 N–H and O–H groups in total. The summed E-state index contributed by atoms with van der Waals surface area (Å²) in [5.74, 6) is 0.119. The van der Waals surface area contributed by atoms with E-state index in [4.69, 9.17) is 0 Å². The van der Waals surface area contributed by atoms with Crippen LogP contribution in [0.25, 0.3) is 0 Å². The Morgan fingerprint density at radius 2 is 1.62 bits per heavy atom. The van der Waals surface area contributed by atoms with Gasteiger partial charge in [0.2, 0.25) is 0 Å². The van der Waals surface area contributed by atoms with E-state index in [0.717, 1.165) is 42.8 Å². The zero-order chi connectivity index (χ0) is 23.3. The van der Waals surface area contributed by atoms with Gasteiger partial charge in [-0.2, -0.15) is 0 Å². The lowest BCUT2D eigenvalue weighted by atomic mass is 9.88. The summed E-state index contributed by atoms with van der Waals surface area (Å²) in [7, 11) is 2.23. The Kier molecular flexibility index (Phi) is 7.09. The maximum Gasteiger partial charge on any atom is 0.265 e. The van der Waals surface area contributed by atoms with Crippen LogP contribution >= 0.6 is 11.3 Å². The fourth-order valence-corrected chi connectivity index (χ4v) is 5.79. The van der Waals surface area contributed by atoms with Gasteiger partial charge >= 0.3 is 0 Å². The normalized spacial score (nSPS) is 22.3. The number of hydrazine groups is 1. The number of anilines is 1. The maximum atomic E-state index is 13.6. The highest BCUT2D eigenvalue weighted by molar-refractivity contribution is 7.12. The van der Waals surface area contributed by atoms with E-state index in [1.165, 1.54) is 16.9 Å². The molecule has 2 aromatic carbocycles. The zero-order valence-corrected chi connectivity index (χ0v) is 20.4. The van der Waals surface area contributed by atoms with Crippen LogP contribution in [0.1, 0.15) is 40.9 Å². The van der Waals surface area contributed by atoms with Crippen molar-refractivity contribution in [1.82, 2.24) is 15.2 Å². The molecule has 5 nitrogen and oxygen atoms in total. The van der Waals surface area contributed by atoms with Crippen molar-refractivity contribution in [2.45, 2.75) is 50.5 Å². The van der Waals surface area contributed by atoms with Crippen molar-refractivity contribution in [2.75, 3.05) is 12.1 Å². The number of amides is 1. The lowest BCUT2D eigenvalue weighted by molar-refractivity contribution is 0.0474. The maximum absolute atomic E-state index is 13.6. The lowest BCUT2D eigenvalue weighted by Crippen LogP contribution is -2.55. The minimum Gasteiger partial charge on any atom is -0.314 e. The van der Waals surface area contributed by atoms with Crippen LogP contribution in [0.4, 0.5) is 5.69 Å². The second-order valence-corrected chi connectivity index (χ2v) is 10.1. The van der Waals surface area contributed by atoms with Gasteiger partial charge in [-0.05, 0) is 67.9 Å². The van der Waals surface area contributed by atoms with E-state index in [1.807, 2.05) is 46.9 Å². The smallest absolute Gasteiger partial charge is 0.265 e. The van der Waals surface area contributed by atoms with E-state index >= 15 is 0 Å². The number of hydrogen-bond acceptors (Lipinski definition) is 5. The molecule has 176 valence electrons. The van der Waals surface area contributed by atoms with Crippen molar-refractivity contribution in [3.05, 3.63) is 101 Å². The molecule has 0 bridgehead atoms. The first-order chi connectivity index (χ1) is 16.7. The number of hydrogen-bond donors (Lipinski definition) is 1. The summed E-state index contributed by atoms with van der Waals surface area (Å²) in [6, 6.07) is 25.5. The summed E-state index contributed by atoms with van der Waals surface area (Å²) in [5.41, 5.74) is 5.95. The molecule has 0 radical (unpaired) electrons. The van der Waals surface area contributed by atoms with Gasteiger partial charge in [0.25, 0.3) is 5.91 Å². The minimum atomic E-state index is -0.154. The predicted molar refractivity (Wildman–Crippen MR) is 139 cm³/mol. The van der Waals surface area contributed by atoms with Crippen LogP contribution in [0.15, 0.2) is 90.5 Å². The van der Waals surface area contributed by atoms with Crippen LogP contribution in [-0.2, 0) is 6.54 Å². The molecule has 6 heteroatoms. The van der Waals surface area contributed by atoms with E-state index in [2.05, 4.69) is 70.8 Å². The first kappa shape index (κ1) is 22.8. The van der Waals surface area contributed by atoms with Gasteiger partial charge in [0, 0.05) is 24.8 Å². The Hall–Kier alpha value is -2.93. The highest BCUT2D eigenvalue weighted by Crippen LogP contribution is 2.31. The van der Waals surface area contributed by atoms with Gasteiger partial charge in [0.1, 0.15) is 6.17 Å². The molecule has 5 rings (SSSR count). The predicted octanol–water partition coefficient (Wildman–Crippen LogP) is 5.50. The molecule has 0 spiro atoms. The Bertz CT molecular complexity index is 1080. The number of thiophene rings is 1. The molecule has 1 atom stereocenters. The number of benzene rings is 2. The van der Waals surface area contributed by atoms with E-state index < -0.39 is 0 Å². The van der Waals surface area contributed by atoms with Gasteiger partial charge in [-0.1, -0.05) is 54.6 Å². The summed E-state index contributed by atoms with van der Waals surface area (Å²) in [4.78, 5) is 19.0. The molecule has 3 aromatic rings. The average molecular weight is 473 g/mol. The van der Waals surface area contributed by atoms with Crippen molar-refractivity contribution < 1.29 is 4.79 Å². The molecule has 1 fully saturated rings. The molecular weight excluding hydrogens is 440 g/mol. The van der Waals surface area contributed by atoms with Crippen LogP contribution in [0, 0.1) is 0 Å². The third-order valence-electron chi connectivity index (χ3n) is 6.95. The van der Waals surface area contributed by atoms with Crippen molar-refractivity contribution in [1.29, 1.82) is 0 Å². The number of carbonyl (C=O) groups is 1. The second kappa shape index (κ2) is 10.6. The van der Waals surface area contributed by atoms with E-state index in [9.17, 15) is 4.79 Å². The first-order valence-electron chi connectivity index (χ1n) is 12.1. The largest absolute Gasteiger partial charge is 0.314 e. The zero-order valence-electron chi connectivity index (χ0n) is 19.6. The van der Waals surface area contributed by atoms with Crippen molar-refractivity contribution >= 4 is 22.9 Å². The van der Waals surface area contributed by atoms with E-state index in [0.29, 0.717) is 6.04 Å². The number of nitrogens with zero attached hydrogens (tertiary/aromatic N) is 3. The average Bonchev–Trinajstić information content (AvgIpc) is 3.59. The van der Waals surface area contributed by atoms with Crippen LogP contribution < -0.4 is 10.4 Å². The number of carbonyl (C=O) groups excluding carboxylic acids is 1. The molecule has 1 aliphatic carbocycles. The quantitative estimate of drug-likeness (QED) is 0.493. The number of para-hydroxylation sites is 1. The minimum absolute atomic E-state index is 0.119. The Morgan fingerprint density at radius 1 is 0.941 bits per heavy atom. The molecule has 1 saturated carbocycles.